The number of para-hydroxylation sites is 1. The second kappa shape index (κ2) is 10.4. The summed E-state index contributed by atoms with van der Waals surface area (Å²) in [6.45, 7) is 0.214. The first-order valence-corrected chi connectivity index (χ1v) is 11.6. The van der Waals surface area contributed by atoms with Crippen LogP contribution in [0, 0.1) is 5.92 Å². The molecule has 3 aromatic rings. The molecule has 0 unspecified atom stereocenters. The van der Waals surface area contributed by atoms with Crippen LogP contribution in [0.15, 0.2) is 66.7 Å². The van der Waals surface area contributed by atoms with Gasteiger partial charge in [-0.15, -0.1) is 0 Å². The van der Waals surface area contributed by atoms with Gasteiger partial charge in [-0.2, -0.15) is 0 Å². The summed E-state index contributed by atoms with van der Waals surface area (Å²) >= 11 is 0. The van der Waals surface area contributed by atoms with Gasteiger partial charge >= 0.3 is 0 Å². The zero-order valence-corrected chi connectivity index (χ0v) is 19.4. The smallest absolute Gasteiger partial charge is 0.262 e. The Hall–Kier alpha value is -4.53. The van der Waals surface area contributed by atoms with Crippen molar-refractivity contribution in [1.82, 2.24) is 5.32 Å². The van der Waals surface area contributed by atoms with E-state index < -0.39 is 5.91 Å². The van der Waals surface area contributed by atoms with E-state index in [1.54, 1.807) is 54.6 Å². The fourth-order valence-corrected chi connectivity index (χ4v) is 3.71. The minimum absolute atomic E-state index is 0.00157. The molecule has 3 amide bonds. The number of carbonyl (C=O) groups excluding carboxylic acids is 3. The summed E-state index contributed by atoms with van der Waals surface area (Å²) in [5.74, 6) is 1.11. The van der Waals surface area contributed by atoms with E-state index in [4.69, 9.17) is 14.2 Å². The van der Waals surface area contributed by atoms with Crippen LogP contribution in [0.4, 0.5) is 11.4 Å². The number of hydrogen-bond acceptors (Lipinski definition) is 6. The molecule has 0 saturated heterocycles. The van der Waals surface area contributed by atoms with E-state index in [9.17, 15) is 14.4 Å². The summed E-state index contributed by atoms with van der Waals surface area (Å²) in [4.78, 5) is 37.3. The number of anilines is 2. The summed E-state index contributed by atoms with van der Waals surface area (Å²) in [5, 5.41) is 8.44. The highest BCUT2D eigenvalue weighted by Gasteiger charge is 2.29. The molecule has 1 heterocycles. The average Bonchev–Trinajstić information content (AvgIpc) is 3.64. The van der Waals surface area contributed by atoms with Crippen molar-refractivity contribution >= 4 is 29.1 Å². The number of benzene rings is 3. The maximum absolute atomic E-state index is 12.8. The third-order valence-electron chi connectivity index (χ3n) is 5.76. The highest BCUT2D eigenvalue weighted by Crippen LogP contribution is 2.32. The quantitative estimate of drug-likeness (QED) is 0.424. The number of fused-ring (bicyclic) bond motifs is 1. The molecule has 1 aliphatic heterocycles. The molecule has 1 saturated carbocycles. The van der Waals surface area contributed by atoms with Crippen molar-refractivity contribution in [3.8, 4) is 17.2 Å². The molecule has 0 aromatic heterocycles. The van der Waals surface area contributed by atoms with Crippen molar-refractivity contribution in [3.63, 3.8) is 0 Å². The van der Waals surface area contributed by atoms with Crippen LogP contribution in [0.2, 0.25) is 0 Å². The van der Waals surface area contributed by atoms with Crippen molar-refractivity contribution in [2.24, 2.45) is 5.92 Å². The molecule has 3 N–H and O–H groups in total. The van der Waals surface area contributed by atoms with E-state index in [0.29, 0.717) is 34.2 Å². The third kappa shape index (κ3) is 5.75. The summed E-state index contributed by atoms with van der Waals surface area (Å²) in [5.41, 5.74) is 2.18. The van der Waals surface area contributed by atoms with Crippen molar-refractivity contribution in [2.75, 3.05) is 24.0 Å². The average molecular weight is 488 g/mol. The Balaban J connectivity index is 1.15. The molecule has 0 bridgehead atoms. The van der Waals surface area contributed by atoms with E-state index in [1.807, 2.05) is 12.1 Å². The van der Waals surface area contributed by atoms with Gasteiger partial charge in [0, 0.05) is 24.2 Å². The van der Waals surface area contributed by atoms with E-state index >= 15 is 0 Å². The molecular formula is C27H25N3O6. The number of hydrogen-bond donors (Lipinski definition) is 3. The molecule has 0 radical (unpaired) electrons. The standard InChI is InChI=1S/C27H25N3O6/c31-25(15-34-20-5-3-4-19(13-20)29-26(32)18-9-10-18)30-22-7-2-1-6-21(22)27(33)28-14-17-8-11-23-24(12-17)36-16-35-23/h1-8,11-13,18H,9-10,14-16H2,(H,28,33)(H,29,32)(H,30,31). The molecule has 1 fully saturated rings. The zero-order chi connectivity index (χ0) is 24.9. The van der Waals surface area contributed by atoms with Crippen LogP contribution in [-0.4, -0.2) is 31.1 Å². The maximum atomic E-state index is 12.8. The lowest BCUT2D eigenvalue weighted by Gasteiger charge is -2.13. The number of nitrogens with one attached hydrogen (secondary N) is 3. The Morgan fingerprint density at radius 2 is 1.72 bits per heavy atom. The van der Waals surface area contributed by atoms with Gasteiger partial charge in [-0.1, -0.05) is 24.3 Å². The molecule has 9 nitrogen and oxygen atoms in total. The number of carbonyl (C=O) groups is 3. The largest absolute Gasteiger partial charge is 0.484 e. The van der Waals surface area contributed by atoms with Gasteiger partial charge in [0.2, 0.25) is 12.7 Å². The Morgan fingerprint density at radius 3 is 2.58 bits per heavy atom. The van der Waals surface area contributed by atoms with Crippen molar-refractivity contribution < 1.29 is 28.6 Å². The van der Waals surface area contributed by atoms with Gasteiger partial charge in [0.25, 0.3) is 11.8 Å². The molecule has 5 rings (SSSR count). The van der Waals surface area contributed by atoms with Crippen LogP contribution in [0.3, 0.4) is 0 Å². The van der Waals surface area contributed by atoms with Crippen LogP contribution < -0.4 is 30.2 Å². The minimum Gasteiger partial charge on any atom is -0.484 e. The van der Waals surface area contributed by atoms with Crippen LogP contribution >= 0.6 is 0 Å². The minimum atomic E-state index is -0.418. The summed E-state index contributed by atoms with van der Waals surface area (Å²) in [6.07, 6.45) is 1.83. The first-order chi connectivity index (χ1) is 17.5. The zero-order valence-electron chi connectivity index (χ0n) is 19.4. The Bertz CT molecular complexity index is 1300. The fourth-order valence-electron chi connectivity index (χ4n) is 3.71. The van der Waals surface area contributed by atoms with E-state index in [-0.39, 0.29) is 37.7 Å². The van der Waals surface area contributed by atoms with Crippen molar-refractivity contribution in [3.05, 3.63) is 77.9 Å². The molecule has 0 atom stereocenters. The first-order valence-electron chi connectivity index (χ1n) is 11.6. The van der Waals surface area contributed by atoms with Crippen LogP contribution in [0.5, 0.6) is 17.2 Å². The molecule has 184 valence electrons. The first kappa shape index (κ1) is 23.2. The number of rotatable bonds is 9. The lowest BCUT2D eigenvalue weighted by atomic mass is 10.1. The summed E-state index contributed by atoms with van der Waals surface area (Å²) in [6, 6.07) is 19.1. The van der Waals surface area contributed by atoms with Crippen molar-refractivity contribution in [1.29, 1.82) is 0 Å². The second-order valence-corrected chi connectivity index (χ2v) is 8.54. The fraction of sp³-hybridized carbons (Fsp3) is 0.222. The molecule has 0 spiro atoms. The molecule has 36 heavy (non-hydrogen) atoms. The monoisotopic (exact) mass is 487 g/mol. The molecule has 9 heteroatoms. The van der Waals surface area contributed by atoms with E-state index in [2.05, 4.69) is 16.0 Å². The van der Waals surface area contributed by atoms with Crippen LogP contribution in [0.25, 0.3) is 0 Å². The molecule has 1 aliphatic carbocycles. The molecular weight excluding hydrogens is 462 g/mol. The lowest BCUT2D eigenvalue weighted by molar-refractivity contribution is -0.118. The van der Waals surface area contributed by atoms with Gasteiger partial charge < -0.3 is 30.2 Å². The summed E-state index contributed by atoms with van der Waals surface area (Å²) < 4.78 is 16.3. The Kier molecular flexibility index (Phi) is 6.70. The third-order valence-corrected chi connectivity index (χ3v) is 5.76. The Morgan fingerprint density at radius 1 is 0.889 bits per heavy atom. The predicted octanol–water partition coefficient (Wildman–Crippen LogP) is 3.71. The SMILES string of the molecule is O=C(COc1cccc(NC(=O)C2CC2)c1)Nc1ccccc1C(=O)NCc1ccc2c(c1)OCO2. The van der Waals surface area contributed by atoms with Gasteiger partial charge in [-0.3, -0.25) is 14.4 Å². The molecule has 2 aliphatic rings. The van der Waals surface area contributed by atoms with Gasteiger partial charge in [-0.25, -0.2) is 0 Å². The second-order valence-electron chi connectivity index (χ2n) is 8.54. The van der Waals surface area contributed by atoms with Crippen LogP contribution in [-0.2, 0) is 16.1 Å². The van der Waals surface area contributed by atoms with E-state index in [0.717, 1.165) is 18.4 Å². The topological polar surface area (TPSA) is 115 Å². The van der Waals surface area contributed by atoms with Gasteiger partial charge in [0.1, 0.15) is 5.75 Å². The highest BCUT2D eigenvalue weighted by molar-refractivity contribution is 6.04. The van der Waals surface area contributed by atoms with Gasteiger partial charge in [0.15, 0.2) is 18.1 Å². The highest BCUT2D eigenvalue weighted by atomic mass is 16.7. The predicted molar refractivity (Wildman–Crippen MR) is 132 cm³/mol. The van der Waals surface area contributed by atoms with Crippen LogP contribution in [0.1, 0.15) is 28.8 Å². The van der Waals surface area contributed by atoms with E-state index in [1.165, 1.54) is 0 Å². The normalized spacial score (nSPS) is 13.6. The number of ether oxygens (including phenoxy) is 3. The lowest BCUT2D eigenvalue weighted by Crippen LogP contribution is -2.26. The maximum Gasteiger partial charge on any atom is 0.262 e. The van der Waals surface area contributed by atoms with Gasteiger partial charge in [-0.05, 0) is 54.8 Å². The van der Waals surface area contributed by atoms with Crippen molar-refractivity contribution in [2.45, 2.75) is 19.4 Å². The summed E-state index contributed by atoms with van der Waals surface area (Å²) in [7, 11) is 0. The molecule has 3 aromatic carbocycles. The Labute approximate surface area is 207 Å². The number of amides is 3. The van der Waals surface area contributed by atoms with Gasteiger partial charge in [0.05, 0.1) is 11.3 Å².